The van der Waals surface area contributed by atoms with Crippen molar-refractivity contribution in [1.29, 1.82) is 0 Å². The van der Waals surface area contributed by atoms with Gasteiger partial charge in [0.2, 0.25) is 0 Å². The molecule has 1 aliphatic rings. The molecular weight excluding hydrogens is 304 g/mol. The Balaban J connectivity index is 1.74. The minimum absolute atomic E-state index is 0.198. The van der Waals surface area contributed by atoms with E-state index in [9.17, 15) is 13.6 Å². The maximum atomic E-state index is 13.8. The summed E-state index contributed by atoms with van der Waals surface area (Å²) in [7, 11) is 0. The minimum atomic E-state index is -0.640. The number of hydrogen-bond acceptors (Lipinski definition) is 2. The van der Waals surface area contributed by atoms with Gasteiger partial charge in [0.25, 0.3) is 5.91 Å². The highest BCUT2D eigenvalue weighted by molar-refractivity contribution is 7.14. The van der Waals surface area contributed by atoms with Gasteiger partial charge in [0.1, 0.15) is 11.6 Å². The van der Waals surface area contributed by atoms with Crippen LogP contribution in [0.5, 0.6) is 0 Å². The first-order valence-electron chi connectivity index (χ1n) is 7.42. The largest absolute Gasteiger partial charge is 0.345 e. The zero-order valence-corrected chi connectivity index (χ0v) is 13.1. The molecule has 1 heterocycles. The van der Waals surface area contributed by atoms with E-state index in [-0.39, 0.29) is 11.5 Å². The molecule has 1 aromatic carbocycles. The summed E-state index contributed by atoms with van der Waals surface area (Å²) in [6.07, 6.45) is 4.41. The second-order valence-electron chi connectivity index (χ2n) is 5.63. The van der Waals surface area contributed by atoms with Crippen LogP contribution in [0, 0.1) is 11.6 Å². The summed E-state index contributed by atoms with van der Waals surface area (Å²) in [5.41, 5.74) is 1.55. The van der Waals surface area contributed by atoms with E-state index >= 15 is 0 Å². The van der Waals surface area contributed by atoms with Crippen LogP contribution in [0.25, 0.3) is 0 Å². The fraction of sp³-hybridized carbons (Fsp3) is 0.353. The average molecular weight is 321 g/mol. The summed E-state index contributed by atoms with van der Waals surface area (Å²) in [4.78, 5) is 14.3. The molecule has 22 heavy (non-hydrogen) atoms. The molecule has 1 aromatic heterocycles. The van der Waals surface area contributed by atoms with Crippen LogP contribution in [0.1, 0.15) is 51.5 Å². The molecule has 1 atom stereocenters. The quantitative estimate of drug-likeness (QED) is 0.892. The zero-order chi connectivity index (χ0) is 15.7. The Hall–Kier alpha value is -1.75. The lowest BCUT2D eigenvalue weighted by molar-refractivity contribution is 0.0943. The van der Waals surface area contributed by atoms with E-state index in [2.05, 4.69) is 5.32 Å². The maximum absolute atomic E-state index is 13.8. The summed E-state index contributed by atoms with van der Waals surface area (Å²) in [6.45, 7) is 1.70. The standard InChI is InChI=1S/C17H17F2NOS/c1-10(13-7-6-12(18)9-14(13)19)20-17(21)16-8-11-4-2-3-5-15(11)22-16/h6-10H,2-5H2,1H3,(H,20,21). The predicted molar refractivity (Wildman–Crippen MR) is 83.2 cm³/mol. The van der Waals surface area contributed by atoms with Crippen molar-refractivity contribution in [1.82, 2.24) is 5.32 Å². The smallest absolute Gasteiger partial charge is 0.261 e. The third-order valence-corrected chi connectivity index (χ3v) is 5.23. The second kappa shape index (κ2) is 6.16. The Labute approximate surface area is 132 Å². The number of hydrogen-bond donors (Lipinski definition) is 1. The van der Waals surface area contributed by atoms with E-state index in [1.165, 1.54) is 46.8 Å². The molecule has 0 aliphatic heterocycles. The van der Waals surface area contributed by atoms with Crippen molar-refractivity contribution in [2.24, 2.45) is 0 Å². The van der Waals surface area contributed by atoms with Gasteiger partial charge < -0.3 is 5.32 Å². The van der Waals surface area contributed by atoms with Gasteiger partial charge in [0.05, 0.1) is 10.9 Å². The number of amides is 1. The van der Waals surface area contributed by atoms with Crippen molar-refractivity contribution in [2.75, 3.05) is 0 Å². The van der Waals surface area contributed by atoms with Crippen molar-refractivity contribution < 1.29 is 13.6 Å². The van der Waals surface area contributed by atoms with Gasteiger partial charge in [-0.2, -0.15) is 0 Å². The van der Waals surface area contributed by atoms with Crippen LogP contribution in [0.4, 0.5) is 8.78 Å². The lowest BCUT2D eigenvalue weighted by Crippen LogP contribution is -2.26. The molecule has 0 saturated heterocycles. The highest BCUT2D eigenvalue weighted by Gasteiger charge is 2.20. The molecule has 0 radical (unpaired) electrons. The van der Waals surface area contributed by atoms with Gasteiger partial charge in [-0.25, -0.2) is 8.78 Å². The van der Waals surface area contributed by atoms with Crippen LogP contribution in [-0.4, -0.2) is 5.91 Å². The number of fused-ring (bicyclic) bond motifs is 1. The summed E-state index contributed by atoms with van der Waals surface area (Å²) in [5.74, 6) is -1.46. The van der Waals surface area contributed by atoms with Gasteiger partial charge in [-0.1, -0.05) is 6.07 Å². The van der Waals surface area contributed by atoms with Gasteiger partial charge in [-0.15, -0.1) is 11.3 Å². The van der Waals surface area contributed by atoms with Crippen molar-refractivity contribution >= 4 is 17.2 Å². The first kappa shape index (κ1) is 15.2. The number of halogens is 2. The van der Waals surface area contributed by atoms with Crippen molar-refractivity contribution in [3.63, 3.8) is 0 Å². The van der Waals surface area contributed by atoms with Gasteiger partial charge in [-0.3, -0.25) is 4.79 Å². The van der Waals surface area contributed by atoms with Gasteiger partial charge in [0, 0.05) is 16.5 Å². The number of rotatable bonds is 3. The fourth-order valence-corrected chi connectivity index (χ4v) is 3.96. The van der Waals surface area contributed by atoms with Crippen LogP contribution in [-0.2, 0) is 12.8 Å². The molecule has 0 saturated carbocycles. The van der Waals surface area contributed by atoms with Gasteiger partial charge in [0.15, 0.2) is 0 Å². The normalized spacial score (nSPS) is 15.2. The number of carbonyl (C=O) groups is 1. The van der Waals surface area contributed by atoms with Crippen LogP contribution in [0.2, 0.25) is 0 Å². The predicted octanol–water partition coefficient (Wildman–Crippen LogP) is 4.40. The molecule has 2 nitrogen and oxygen atoms in total. The summed E-state index contributed by atoms with van der Waals surface area (Å²) in [5, 5.41) is 2.79. The molecule has 0 fully saturated rings. The Morgan fingerprint density at radius 3 is 2.73 bits per heavy atom. The SMILES string of the molecule is CC(NC(=O)c1cc2c(s1)CCCC2)c1ccc(F)cc1F. The first-order valence-corrected chi connectivity index (χ1v) is 8.23. The molecule has 3 rings (SSSR count). The molecule has 1 unspecified atom stereocenters. The van der Waals surface area contributed by atoms with Crippen molar-refractivity contribution in [3.8, 4) is 0 Å². The molecule has 5 heteroatoms. The van der Waals surface area contributed by atoms with E-state index in [0.717, 1.165) is 18.9 Å². The molecule has 1 N–H and O–H groups in total. The molecule has 0 bridgehead atoms. The number of thiophene rings is 1. The molecule has 0 spiro atoms. The fourth-order valence-electron chi connectivity index (χ4n) is 2.80. The monoisotopic (exact) mass is 321 g/mol. The maximum Gasteiger partial charge on any atom is 0.261 e. The van der Waals surface area contributed by atoms with Crippen LogP contribution in [0.3, 0.4) is 0 Å². The number of carbonyl (C=O) groups excluding carboxylic acids is 1. The third kappa shape index (κ3) is 3.04. The number of benzene rings is 1. The average Bonchev–Trinajstić information content (AvgIpc) is 2.91. The molecule has 116 valence electrons. The highest BCUT2D eigenvalue weighted by atomic mass is 32.1. The summed E-state index contributed by atoms with van der Waals surface area (Å²) in [6, 6.07) is 4.84. The minimum Gasteiger partial charge on any atom is -0.345 e. The van der Waals surface area contributed by atoms with E-state index in [1.54, 1.807) is 6.92 Å². The molecular formula is C17H17F2NOS. The molecule has 1 amide bonds. The van der Waals surface area contributed by atoms with Crippen LogP contribution >= 0.6 is 11.3 Å². The number of aryl methyl sites for hydroxylation is 2. The van der Waals surface area contributed by atoms with E-state index in [0.29, 0.717) is 4.88 Å². The third-order valence-electron chi connectivity index (χ3n) is 4.00. The van der Waals surface area contributed by atoms with E-state index < -0.39 is 17.7 Å². The molecule has 1 aliphatic carbocycles. The lowest BCUT2D eigenvalue weighted by Gasteiger charge is -2.14. The molecule has 2 aromatic rings. The van der Waals surface area contributed by atoms with Gasteiger partial charge >= 0.3 is 0 Å². The first-order chi connectivity index (χ1) is 10.5. The summed E-state index contributed by atoms with van der Waals surface area (Å²) < 4.78 is 26.7. The lowest BCUT2D eigenvalue weighted by atomic mass is 9.99. The summed E-state index contributed by atoms with van der Waals surface area (Å²) >= 11 is 1.52. The van der Waals surface area contributed by atoms with Gasteiger partial charge in [-0.05, 0) is 50.3 Å². The van der Waals surface area contributed by atoms with E-state index in [4.69, 9.17) is 0 Å². The van der Waals surface area contributed by atoms with Crippen LogP contribution in [0.15, 0.2) is 24.3 Å². The van der Waals surface area contributed by atoms with Crippen LogP contribution < -0.4 is 5.32 Å². The van der Waals surface area contributed by atoms with Crippen molar-refractivity contribution in [2.45, 2.75) is 38.6 Å². The second-order valence-corrected chi connectivity index (χ2v) is 6.76. The number of nitrogens with one attached hydrogen (secondary N) is 1. The Morgan fingerprint density at radius 2 is 2.00 bits per heavy atom. The highest BCUT2D eigenvalue weighted by Crippen LogP contribution is 2.30. The Bertz CT molecular complexity index is 687. The van der Waals surface area contributed by atoms with Crippen molar-refractivity contribution in [3.05, 3.63) is 56.8 Å². The zero-order valence-electron chi connectivity index (χ0n) is 12.3. The Morgan fingerprint density at radius 1 is 1.23 bits per heavy atom. The van der Waals surface area contributed by atoms with E-state index in [1.807, 2.05) is 6.07 Å². The topological polar surface area (TPSA) is 29.1 Å². The Kier molecular flexibility index (Phi) is 4.25.